The maximum Gasteiger partial charge on any atom is 0.173 e. The first kappa shape index (κ1) is 14.5. The highest BCUT2D eigenvalue weighted by Crippen LogP contribution is 2.42. The molecule has 2 aliphatic heterocycles. The van der Waals surface area contributed by atoms with Crippen LogP contribution in [0, 0.1) is 0 Å². The summed E-state index contributed by atoms with van der Waals surface area (Å²) >= 11 is 1.59. The molecule has 2 unspecified atom stereocenters. The van der Waals surface area contributed by atoms with Crippen LogP contribution in [0.4, 0.5) is 5.69 Å². The van der Waals surface area contributed by atoms with Gasteiger partial charge in [0, 0.05) is 22.7 Å². The van der Waals surface area contributed by atoms with E-state index in [9.17, 15) is 5.11 Å². The predicted molar refractivity (Wildman–Crippen MR) is 85.3 cm³/mol. The molecular weight excluding hydrogens is 286 g/mol. The van der Waals surface area contributed by atoms with E-state index in [0.717, 1.165) is 41.8 Å². The molecule has 2 aliphatic rings. The zero-order chi connectivity index (χ0) is 15.0. The molecule has 5 nitrogen and oxygen atoms in total. The van der Waals surface area contributed by atoms with Crippen molar-refractivity contribution in [2.24, 2.45) is 10.9 Å². The number of thioether (sulfide) groups is 1. The number of amidine groups is 1. The first-order valence-electron chi connectivity index (χ1n) is 7.27. The van der Waals surface area contributed by atoms with Gasteiger partial charge in [-0.25, -0.2) is 0 Å². The van der Waals surface area contributed by atoms with Crippen LogP contribution in [0.25, 0.3) is 0 Å². The number of hydrogen-bond acceptors (Lipinski definition) is 5. The number of nitrogens with two attached hydrogens (primary N) is 1. The molecule has 2 fully saturated rings. The van der Waals surface area contributed by atoms with Crippen LogP contribution in [0.5, 0.6) is 0 Å². The van der Waals surface area contributed by atoms with Gasteiger partial charge in [-0.05, 0) is 44.1 Å². The lowest BCUT2D eigenvalue weighted by atomic mass is 9.97. The van der Waals surface area contributed by atoms with Gasteiger partial charge in [0.05, 0.1) is 11.7 Å². The number of nitrogens with zero attached hydrogens (tertiary/aromatic N) is 2. The quantitative estimate of drug-likeness (QED) is 0.262. The standard InChI is InChI=1S/C15H21N3O2S/c1-21-13-4-2-3-12(14(13)15(16)17-20)18-9-5-6-10(18)8-11(19)7-9/h2-4,9-11,19-20H,5-8H2,1H3,(H2,16,17). The molecule has 2 atom stereocenters. The maximum atomic E-state index is 9.96. The molecule has 2 saturated heterocycles. The molecule has 0 spiro atoms. The summed E-state index contributed by atoms with van der Waals surface area (Å²) in [5, 5.41) is 22.3. The lowest BCUT2D eigenvalue weighted by molar-refractivity contribution is 0.126. The van der Waals surface area contributed by atoms with E-state index >= 15 is 0 Å². The van der Waals surface area contributed by atoms with E-state index in [-0.39, 0.29) is 11.9 Å². The highest BCUT2D eigenvalue weighted by atomic mass is 32.2. The molecule has 0 aromatic heterocycles. The van der Waals surface area contributed by atoms with Crippen molar-refractivity contribution in [1.82, 2.24) is 0 Å². The van der Waals surface area contributed by atoms with Crippen molar-refractivity contribution >= 4 is 23.3 Å². The van der Waals surface area contributed by atoms with E-state index in [2.05, 4.69) is 10.1 Å². The van der Waals surface area contributed by atoms with Gasteiger partial charge in [-0.15, -0.1) is 11.8 Å². The molecule has 21 heavy (non-hydrogen) atoms. The van der Waals surface area contributed by atoms with E-state index in [1.54, 1.807) is 11.8 Å². The summed E-state index contributed by atoms with van der Waals surface area (Å²) < 4.78 is 0. The lowest BCUT2D eigenvalue weighted by Crippen LogP contribution is -2.45. The van der Waals surface area contributed by atoms with Crippen LogP contribution in [0.15, 0.2) is 28.3 Å². The van der Waals surface area contributed by atoms with Gasteiger partial charge in [0.1, 0.15) is 0 Å². The second-order valence-corrected chi connectivity index (χ2v) is 6.61. The molecule has 2 bridgehead atoms. The lowest BCUT2D eigenvalue weighted by Gasteiger charge is -2.40. The maximum absolute atomic E-state index is 9.96. The van der Waals surface area contributed by atoms with Gasteiger partial charge in [0.25, 0.3) is 0 Å². The van der Waals surface area contributed by atoms with Crippen LogP contribution >= 0.6 is 11.8 Å². The number of anilines is 1. The summed E-state index contributed by atoms with van der Waals surface area (Å²) in [5.41, 5.74) is 7.76. The number of piperidine rings is 1. The molecule has 3 rings (SSSR count). The Bertz CT molecular complexity index is 550. The van der Waals surface area contributed by atoms with Gasteiger partial charge < -0.3 is 20.9 Å². The summed E-state index contributed by atoms with van der Waals surface area (Å²) in [6, 6.07) is 6.74. The van der Waals surface area contributed by atoms with Crippen molar-refractivity contribution in [3.05, 3.63) is 23.8 Å². The monoisotopic (exact) mass is 307 g/mol. The van der Waals surface area contributed by atoms with Gasteiger partial charge in [-0.3, -0.25) is 0 Å². The SMILES string of the molecule is CSc1cccc(N2C3CCC2CC(O)C3)c1/C(N)=N/O. The van der Waals surface area contributed by atoms with Gasteiger partial charge in [0.2, 0.25) is 0 Å². The minimum atomic E-state index is -0.199. The van der Waals surface area contributed by atoms with Crippen molar-refractivity contribution < 1.29 is 10.3 Å². The van der Waals surface area contributed by atoms with Gasteiger partial charge in [0.15, 0.2) is 5.84 Å². The topological polar surface area (TPSA) is 82.1 Å². The van der Waals surface area contributed by atoms with Gasteiger partial charge >= 0.3 is 0 Å². The van der Waals surface area contributed by atoms with Gasteiger partial charge in [-0.1, -0.05) is 11.2 Å². The second kappa shape index (κ2) is 5.77. The first-order chi connectivity index (χ1) is 10.2. The second-order valence-electron chi connectivity index (χ2n) is 5.76. The molecule has 0 amide bonds. The Labute approximate surface area is 128 Å². The fraction of sp³-hybridized carbons (Fsp3) is 0.533. The summed E-state index contributed by atoms with van der Waals surface area (Å²) in [4.78, 5) is 3.38. The predicted octanol–water partition coefficient (Wildman–Crippen LogP) is 2.00. The average molecular weight is 307 g/mol. The first-order valence-corrected chi connectivity index (χ1v) is 8.49. The van der Waals surface area contributed by atoms with Crippen LogP contribution in [-0.4, -0.2) is 40.6 Å². The normalized spacial score (nSPS) is 29.0. The van der Waals surface area contributed by atoms with Crippen molar-refractivity contribution in [2.75, 3.05) is 11.2 Å². The molecule has 4 N–H and O–H groups in total. The molecule has 6 heteroatoms. The Morgan fingerprint density at radius 3 is 2.57 bits per heavy atom. The molecular formula is C15H21N3O2S. The summed E-state index contributed by atoms with van der Waals surface area (Å²) in [5.74, 6) is 0.153. The number of oxime groups is 1. The third-order valence-electron chi connectivity index (χ3n) is 4.57. The Balaban J connectivity index is 2.07. The third kappa shape index (κ3) is 2.46. The molecule has 0 aliphatic carbocycles. The van der Waals surface area contributed by atoms with Crippen molar-refractivity contribution in [3.63, 3.8) is 0 Å². The summed E-state index contributed by atoms with van der Waals surface area (Å²) in [6.45, 7) is 0. The Kier molecular flexibility index (Phi) is 3.99. The zero-order valence-corrected chi connectivity index (χ0v) is 12.9. The van der Waals surface area contributed by atoms with Crippen LogP contribution in [0.1, 0.15) is 31.2 Å². The highest BCUT2D eigenvalue weighted by Gasteiger charge is 2.41. The van der Waals surface area contributed by atoms with E-state index in [4.69, 9.17) is 10.9 Å². The number of benzene rings is 1. The Morgan fingerprint density at radius 2 is 2.00 bits per heavy atom. The Hall–Kier alpha value is -1.40. The van der Waals surface area contributed by atoms with Crippen molar-refractivity contribution in [2.45, 2.75) is 48.8 Å². The number of hydrogen-bond donors (Lipinski definition) is 3. The van der Waals surface area contributed by atoms with Crippen molar-refractivity contribution in [1.29, 1.82) is 0 Å². The third-order valence-corrected chi connectivity index (χ3v) is 5.35. The molecule has 0 saturated carbocycles. The smallest absolute Gasteiger partial charge is 0.173 e. The summed E-state index contributed by atoms with van der Waals surface area (Å²) in [7, 11) is 0. The van der Waals surface area contributed by atoms with E-state index in [1.165, 1.54) is 0 Å². The fourth-order valence-electron chi connectivity index (χ4n) is 3.75. The zero-order valence-electron chi connectivity index (χ0n) is 12.1. The molecule has 114 valence electrons. The van der Waals surface area contributed by atoms with Crippen LogP contribution in [-0.2, 0) is 0 Å². The number of rotatable bonds is 3. The van der Waals surface area contributed by atoms with E-state index in [1.807, 2.05) is 24.5 Å². The molecule has 0 radical (unpaired) electrons. The molecule has 1 aromatic rings. The van der Waals surface area contributed by atoms with Crippen LogP contribution < -0.4 is 10.6 Å². The fourth-order valence-corrected chi connectivity index (χ4v) is 4.38. The highest BCUT2D eigenvalue weighted by molar-refractivity contribution is 7.98. The minimum absolute atomic E-state index is 0.153. The number of aliphatic hydroxyl groups excluding tert-OH is 1. The van der Waals surface area contributed by atoms with E-state index in [0.29, 0.717) is 12.1 Å². The number of aliphatic hydroxyl groups is 1. The minimum Gasteiger partial charge on any atom is -0.409 e. The summed E-state index contributed by atoms with van der Waals surface area (Å²) in [6.07, 6.45) is 5.59. The van der Waals surface area contributed by atoms with E-state index < -0.39 is 0 Å². The van der Waals surface area contributed by atoms with Crippen LogP contribution in [0.3, 0.4) is 0 Å². The van der Waals surface area contributed by atoms with Crippen molar-refractivity contribution in [3.8, 4) is 0 Å². The molecule has 2 heterocycles. The van der Waals surface area contributed by atoms with Crippen LogP contribution in [0.2, 0.25) is 0 Å². The number of fused-ring (bicyclic) bond motifs is 2. The largest absolute Gasteiger partial charge is 0.409 e. The average Bonchev–Trinajstić information content (AvgIpc) is 2.77. The van der Waals surface area contributed by atoms with Gasteiger partial charge in [-0.2, -0.15) is 0 Å². The molecule has 1 aromatic carbocycles. The Morgan fingerprint density at radius 1 is 1.33 bits per heavy atom.